The molecule has 2 fully saturated rings. The van der Waals surface area contributed by atoms with Gasteiger partial charge in [-0.2, -0.15) is 0 Å². The number of nitrogens with two attached hydrogens (primary N) is 1. The molecule has 202 valence electrons. The Morgan fingerprint density at radius 1 is 1.13 bits per heavy atom. The Bertz CT molecular complexity index is 1330. The van der Waals surface area contributed by atoms with E-state index in [0.29, 0.717) is 35.6 Å². The lowest BCUT2D eigenvalue weighted by Gasteiger charge is -2.27. The molecule has 0 spiro atoms. The van der Waals surface area contributed by atoms with E-state index in [2.05, 4.69) is 36.4 Å². The predicted octanol–water partition coefficient (Wildman–Crippen LogP) is 5.05. The van der Waals surface area contributed by atoms with Gasteiger partial charge < -0.3 is 21.1 Å². The van der Waals surface area contributed by atoms with Crippen molar-refractivity contribution in [1.29, 1.82) is 0 Å². The number of carbonyl (C=O) groups excluding carboxylic acids is 2. The number of nitrogens with zero attached hydrogens (tertiary/aromatic N) is 2. The fourth-order valence-corrected chi connectivity index (χ4v) is 5.37. The van der Waals surface area contributed by atoms with Crippen molar-refractivity contribution < 1.29 is 14.3 Å². The maximum atomic E-state index is 13.4. The summed E-state index contributed by atoms with van der Waals surface area (Å²) in [6, 6.07) is 18.9. The van der Waals surface area contributed by atoms with Gasteiger partial charge in [0.25, 0.3) is 0 Å². The number of rotatable bonds is 10. The maximum Gasteiger partial charge on any atom is 0.248 e. The molecular formula is C30H32BrN5O3. The number of hydrogen-bond acceptors (Lipinski definition) is 6. The van der Waals surface area contributed by atoms with Crippen molar-refractivity contribution in [2.24, 2.45) is 0 Å². The van der Waals surface area contributed by atoms with Crippen molar-refractivity contribution in [2.45, 2.75) is 37.3 Å². The topological polar surface area (TPSA) is 110 Å². The van der Waals surface area contributed by atoms with Crippen LogP contribution in [0.5, 0.6) is 0 Å². The normalized spacial score (nSPS) is 19.3. The SMILES string of the molecule is Nc1ccccc1NC(=O)C=Cc1ccc(C(CCCN2CC3CC2CO3)C(=O)Nc2ccc(Br)cc2)nc1. The Labute approximate surface area is 236 Å². The number of halogens is 1. The molecule has 3 atom stereocenters. The molecule has 2 bridgehead atoms. The minimum absolute atomic E-state index is 0.0841. The minimum Gasteiger partial charge on any atom is -0.397 e. The molecule has 8 nitrogen and oxygen atoms in total. The van der Waals surface area contributed by atoms with Gasteiger partial charge in [-0.3, -0.25) is 19.5 Å². The van der Waals surface area contributed by atoms with Crippen LogP contribution in [0, 0.1) is 0 Å². The van der Waals surface area contributed by atoms with Crippen molar-refractivity contribution in [2.75, 3.05) is 36.1 Å². The second-order valence-electron chi connectivity index (χ2n) is 9.96. The molecular weight excluding hydrogens is 558 g/mol. The highest BCUT2D eigenvalue weighted by molar-refractivity contribution is 9.10. The average molecular weight is 591 g/mol. The number of nitrogen functional groups attached to an aromatic ring is 1. The lowest BCUT2D eigenvalue weighted by atomic mass is 9.96. The molecule has 2 aromatic carbocycles. The molecule has 39 heavy (non-hydrogen) atoms. The summed E-state index contributed by atoms with van der Waals surface area (Å²) in [6.07, 6.45) is 7.85. The number of hydrogen-bond donors (Lipinski definition) is 3. The molecule has 5 rings (SSSR count). The number of para-hydroxylation sites is 2. The monoisotopic (exact) mass is 589 g/mol. The second-order valence-corrected chi connectivity index (χ2v) is 10.9. The first-order valence-electron chi connectivity index (χ1n) is 13.2. The first kappa shape index (κ1) is 27.1. The number of likely N-dealkylation sites (tertiary alicyclic amines) is 1. The third-order valence-electron chi connectivity index (χ3n) is 7.19. The summed E-state index contributed by atoms with van der Waals surface area (Å²) >= 11 is 3.43. The van der Waals surface area contributed by atoms with Crippen LogP contribution >= 0.6 is 15.9 Å². The van der Waals surface area contributed by atoms with E-state index >= 15 is 0 Å². The van der Waals surface area contributed by atoms with Crippen molar-refractivity contribution in [3.8, 4) is 0 Å². The minimum atomic E-state index is -0.396. The van der Waals surface area contributed by atoms with Crippen molar-refractivity contribution in [3.05, 3.63) is 88.7 Å². The molecule has 3 aromatic rings. The average Bonchev–Trinajstić information content (AvgIpc) is 3.57. The van der Waals surface area contributed by atoms with Crippen LogP contribution < -0.4 is 16.4 Å². The summed E-state index contributed by atoms with van der Waals surface area (Å²) in [7, 11) is 0. The zero-order valence-corrected chi connectivity index (χ0v) is 23.1. The van der Waals surface area contributed by atoms with Gasteiger partial charge in [0, 0.05) is 35.0 Å². The van der Waals surface area contributed by atoms with Crippen molar-refractivity contribution in [1.82, 2.24) is 9.88 Å². The standard InChI is InChI=1S/C30H32BrN5O3/c31-21-9-11-22(12-10-21)34-30(38)25(4-3-15-36-18-24-16-23(36)19-39-24)27-13-7-20(17-33-27)8-14-29(37)35-28-6-2-1-5-26(28)32/h1-2,5-14,17,23-25H,3-4,15-16,18-19,32H2,(H,34,38)(H,35,37). The third kappa shape index (κ3) is 7.11. The second kappa shape index (κ2) is 12.5. The number of aromatic nitrogens is 1. The summed E-state index contributed by atoms with van der Waals surface area (Å²) < 4.78 is 6.67. The van der Waals surface area contributed by atoms with E-state index in [0.717, 1.165) is 48.3 Å². The van der Waals surface area contributed by atoms with Gasteiger partial charge >= 0.3 is 0 Å². The Balaban J connectivity index is 1.24. The molecule has 2 aliphatic rings. The van der Waals surface area contributed by atoms with Gasteiger partial charge in [0.1, 0.15) is 0 Å². The van der Waals surface area contributed by atoms with E-state index in [4.69, 9.17) is 10.5 Å². The molecule has 3 unspecified atom stereocenters. The number of benzene rings is 2. The van der Waals surface area contributed by atoms with E-state index in [1.54, 1.807) is 24.4 Å². The Morgan fingerprint density at radius 3 is 2.64 bits per heavy atom. The molecule has 1 aromatic heterocycles. The van der Waals surface area contributed by atoms with E-state index < -0.39 is 5.92 Å². The van der Waals surface area contributed by atoms with Gasteiger partial charge in [-0.15, -0.1) is 0 Å². The van der Waals surface area contributed by atoms with Gasteiger partial charge in [0.05, 0.1) is 35.7 Å². The van der Waals surface area contributed by atoms with E-state index in [1.807, 2.05) is 48.5 Å². The summed E-state index contributed by atoms with van der Waals surface area (Å²) in [5.41, 5.74) is 9.17. The summed E-state index contributed by atoms with van der Waals surface area (Å²) in [6.45, 7) is 2.73. The number of nitrogens with one attached hydrogen (secondary N) is 2. The van der Waals surface area contributed by atoms with Gasteiger partial charge in [-0.05, 0) is 79.9 Å². The highest BCUT2D eigenvalue weighted by atomic mass is 79.9. The summed E-state index contributed by atoms with van der Waals surface area (Å²) in [5, 5.41) is 5.81. The number of ether oxygens (including phenoxy) is 1. The van der Waals surface area contributed by atoms with Gasteiger partial charge in [0.2, 0.25) is 11.8 Å². The van der Waals surface area contributed by atoms with Crippen molar-refractivity contribution in [3.63, 3.8) is 0 Å². The zero-order chi connectivity index (χ0) is 27.2. The van der Waals surface area contributed by atoms with Gasteiger partial charge in [0.15, 0.2) is 0 Å². The fraction of sp³-hybridized carbons (Fsp3) is 0.300. The Morgan fingerprint density at radius 2 is 1.95 bits per heavy atom. The first-order valence-corrected chi connectivity index (χ1v) is 14.0. The van der Waals surface area contributed by atoms with Crippen LogP contribution in [-0.2, 0) is 14.3 Å². The molecule has 2 saturated heterocycles. The fourth-order valence-electron chi connectivity index (χ4n) is 5.11. The van der Waals surface area contributed by atoms with Crippen molar-refractivity contribution >= 4 is 50.9 Å². The highest BCUT2D eigenvalue weighted by Gasteiger charge is 2.38. The lowest BCUT2D eigenvalue weighted by Crippen LogP contribution is -2.37. The lowest BCUT2D eigenvalue weighted by molar-refractivity contribution is -0.118. The molecule has 0 saturated carbocycles. The molecule has 2 aliphatic heterocycles. The molecule has 9 heteroatoms. The van der Waals surface area contributed by atoms with Crippen LogP contribution in [0.2, 0.25) is 0 Å². The largest absolute Gasteiger partial charge is 0.397 e. The number of amides is 2. The quantitative estimate of drug-likeness (QED) is 0.225. The first-order chi connectivity index (χ1) is 18.9. The Hall–Kier alpha value is -3.53. The molecule has 4 N–H and O–H groups in total. The number of pyridine rings is 1. The summed E-state index contributed by atoms with van der Waals surface area (Å²) in [4.78, 5) is 32.8. The number of carbonyl (C=O) groups is 2. The maximum absolute atomic E-state index is 13.4. The number of anilines is 3. The third-order valence-corrected chi connectivity index (χ3v) is 7.72. The van der Waals surface area contributed by atoms with Crippen LogP contribution in [0.1, 0.15) is 36.4 Å². The van der Waals surface area contributed by atoms with Crippen LogP contribution in [-0.4, -0.2) is 53.5 Å². The highest BCUT2D eigenvalue weighted by Crippen LogP contribution is 2.29. The molecule has 0 radical (unpaired) electrons. The van der Waals surface area contributed by atoms with Gasteiger partial charge in [-0.25, -0.2) is 0 Å². The number of fused-ring (bicyclic) bond motifs is 2. The van der Waals surface area contributed by atoms with Crippen LogP contribution in [0.25, 0.3) is 6.08 Å². The van der Waals surface area contributed by atoms with Gasteiger partial charge in [-0.1, -0.05) is 34.1 Å². The van der Waals surface area contributed by atoms with Crippen LogP contribution in [0.4, 0.5) is 17.1 Å². The zero-order valence-electron chi connectivity index (χ0n) is 21.6. The Kier molecular flexibility index (Phi) is 8.71. The van der Waals surface area contributed by atoms with Crippen LogP contribution in [0.3, 0.4) is 0 Å². The van der Waals surface area contributed by atoms with E-state index in [9.17, 15) is 9.59 Å². The van der Waals surface area contributed by atoms with E-state index in [-0.39, 0.29) is 11.8 Å². The summed E-state index contributed by atoms with van der Waals surface area (Å²) in [5.74, 6) is -0.768. The van der Waals surface area contributed by atoms with E-state index in [1.165, 1.54) is 6.08 Å². The smallest absolute Gasteiger partial charge is 0.248 e. The number of morpholine rings is 1. The van der Waals surface area contributed by atoms with Crippen LogP contribution in [0.15, 0.2) is 77.4 Å². The molecule has 0 aliphatic carbocycles. The predicted molar refractivity (Wildman–Crippen MR) is 157 cm³/mol. The molecule has 2 amide bonds. The molecule has 3 heterocycles.